The fourth-order valence-corrected chi connectivity index (χ4v) is 1.94. The van der Waals surface area contributed by atoms with Crippen molar-refractivity contribution in [1.29, 1.82) is 0 Å². The van der Waals surface area contributed by atoms with E-state index in [1.165, 1.54) is 6.20 Å². The Balaban J connectivity index is 1.88. The largest absolute Gasteiger partial charge is 0.292 e. The van der Waals surface area contributed by atoms with E-state index in [-0.39, 0.29) is 12.2 Å². The van der Waals surface area contributed by atoms with Crippen LogP contribution in [0.15, 0.2) is 60.9 Å². The number of para-hydroxylation sites is 1. The number of benzene rings is 1. The zero-order valence-corrected chi connectivity index (χ0v) is 10.7. The van der Waals surface area contributed by atoms with Gasteiger partial charge in [-0.2, -0.15) is 0 Å². The van der Waals surface area contributed by atoms with Crippen molar-refractivity contribution < 1.29 is 4.79 Å². The third kappa shape index (κ3) is 2.47. The third-order valence-electron chi connectivity index (χ3n) is 2.90. The van der Waals surface area contributed by atoms with Crippen molar-refractivity contribution >= 4 is 5.78 Å². The minimum Gasteiger partial charge on any atom is -0.292 e. The van der Waals surface area contributed by atoms with Gasteiger partial charge in [0.25, 0.3) is 0 Å². The summed E-state index contributed by atoms with van der Waals surface area (Å²) in [6, 6.07) is 15.0. The maximum atomic E-state index is 12.3. The summed E-state index contributed by atoms with van der Waals surface area (Å²) >= 11 is 0. The highest BCUT2D eigenvalue weighted by atomic mass is 16.1. The van der Waals surface area contributed by atoms with Crippen molar-refractivity contribution in [2.75, 3.05) is 0 Å². The van der Waals surface area contributed by atoms with E-state index in [0.717, 1.165) is 11.4 Å². The number of hydrogen-bond donors (Lipinski definition) is 0. The summed E-state index contributed by atoms with van der Waals surface area (Å²) in [5.74, 6) is -0.0578. The molecule has 2 heterocycles. The van der Waals surface area contributed by atoms with Gasteiger partial charge in [0, 0.05) is 11.9 Å². The minimum atomic E-state index is -0.0578. The van der Waals surface area contributed by atoms with E-state index in [2.05, 4.69) is 15.3 Å². The van der Waals surface area contributed by atoms with Gasteiger partial charge < -0.3 is 0 Å². The highest BCUT2D eigenvalue weighted by Gasteiger charge is 2.15. The monoisotopic (exact) mass is 264 g/mol. The molecule has 0 spiro atoms. The molecule has 20 heavy (non-hydrogen) atoms. The number of aromatic nitrogens is 4. The quantitative estimate of drug-likeness (QED) is 0.677. The van der Waals surface area contributed by atoms with Gasteiger partial charge in [-0.25, -0.2) is 4.68 Å². The number of rotatable bonds is 4. The molecule has 0 saturated heterocycles. The van der Waals surface area contributed by atoms with Gasteiger partial charge in [-0.3, -0.25) is 9.78 Å². The number of pyridine rings is 1. The minimum absolute atomic E-state index is 0.0578. The third-order valence-corrected chi connectivity index (χ3v) is 2.90. The van der Waals surface area contributed by atoms with E-state index in [9.17, 15) is 4.79 Å². The molecule has 3 rings (SSSR count). The van der Waals surface area contributed by atoms with E-state index in [0.29, 0.717) is 5.69 Å². The van der Waals surface area contributed by atoms with Crippen LogP contribution in [0.4, 0.5) is 0 Å². The Morgan fingerprint density at radius 3 is 2.60 bits per heavy atom. The Labute approximate surface area is 115 Å². The van der Waals surface area contributed by atoms with E-state index in [1.54, 1.807) is 10.9 Å². The molecule has 0 unspecified atom stereocenters. The zero-order chi connectivity index (χ0) is 13.8. The van der Waals surface area contributed by atoms with Gasteiger partial charge in [0.05, 0.1) is 18.3 Å². The first kappa shape index (κ1) is 12.2. The van der Waals surface area contributed by atoms with Crippen LogP contribution in [0.2, 0.25) is 0 Å². The van der Waals surface area contributed by atoms with Crippen molar-refractivity contribution in [2.24, 2.45) is 0 Å². The Bertz CT molecular complexity index is 707. The average Bonchev–Trinajstić information content (AvgIpc) is 2.99. The lowest BCUT2D eigenvalue weighted by Crippen LogP contribution is -2.11. The Morgan fingerprint density at radius 1 is 1.05 bits per heavy atom. The van der Waals surface area contributed by atoms with Crippen LogP contribution >= 0.6 is 0 Å². The second-order valence-electron chi connectivity index (χ2n) is 4.29. The molecule has 0 amide bonds. The molecule has 1 aromatic carbocycles. The lowest BCUT2D eigenvalue weighted by Gasteiger charge is -2.04. The first-order valence-electron chi connectivity index (χ1n) is 6.24. The fraction of sp³-hybridized carbons (Fsp3) is 0.0667. The summed E-state index contributed by atoms with van der Waals surface area (Å²) in [7, 11) is 0. The molecule has 98 valence electrons. The molecule has 0 N–H and O–H groups in total. The lowest BCUT2D eigenvalue weighted by atomic mass is 10.1. The number of hydrogen-bond acceptors (Lipinski definition) is 4. The molecule has 0 saturated carbocycles. The molecule has 0 aliphatic heterocycles. The molecule has 2 aromatic heterocycles. The molecule has 0 radical (unpaired) electrons. The second-order valence-corrected chi connectivity index (χ2v) is 4.29. The van der Waals surface area contributed by atoms with E-state index in [1.807, 2.05) is 48.5 Å². The SMILES string of the molecule is O=C(Cc1ccccn1)c1cnnn1-c1ccccc1. The molecule has 5 nitrogen and oxygen atoms in total. The number of carbonyl (C=O) groups is 1. The Kier molecular flexibility index (Phi) is 3.33. The number of nitrogens with zero attached hydrogens (tertiary/aromatic N) is 4. The Hall–Kier alpha value is -2.82. The van der Waals surface area contributed by atoms with Crippen LogP contribution in [0, 0.1) is 0 Å². The zero-order valence-electron chi connectivity index (χ0n) is 10.7. The summed E-state index contributed by atoms with van der Waals surface area (Å²) in [6.07, 6.45) is 3.40. The molecular weight excluding hydrogens is 252 g/mol. The van der Waals surface area contributed by atoms with Gasteiger partial charge >= 0.3 is 0 Å². The highest BCUT2D eigenvalue weighted by molar-refractivity contribution is 5.95. The number of Topliss-reactive ketones (excluding diaryl/α,β-unsaturated/α-hetero) is 1. The van der Waals surface area contributed by atoms with Crippen LogP contribution in [0.1, 0.15) is 16.2 Å². The van der Waals surface area contributed by atoms with Crippen LogP contribution in [-0.4, -0.2) is 25.8 Å². The summed E-state index contributed by atoms with van der Waals surface area (Å²) < 4.78 is 1.55. The van der Waals surface area contributed by atoms with Crippen molar-refractivity contribution in [2.45, 2.75) is 6.42 Å². The first-order valence-corrected chi connectivity index (χ1v) is 6.24. The summed E-state index contributed by atoms with van der Waals surface area (Å²) in [6.45, 7) is 0. The second kappa shape index (κ2) is 5.44. The van der Waals surface area contributed by atoms with Crippen LogP contribution in [0.3, 0.4) is 0 Å². The molecule has 5 heteroatoms. The van der Waals surface area contributed by atoms with Gasteiger partial charge in [0.1, 0.15) is 5.69 Å². The molecule has 0 bridgehead atoms. The number of ketones is 1. The van der Waals surface area contributed by atoms with Crippen molar-refractivity contribution in [1.82, 2.24) is 20.0 Å². The molecule has 3 aromatic rings. The molecule has 0 atom stereocenters. The Morgan fingerprint density at radius 2 is 1.85 bits per heavy atom. The average molecular weight is 264 g/mol. The van der Waals surface area contributed by atoms with Gasteiger partial charge in [-0.15, -0.1) is 5.10 Å². The maximum Gasteiger partial charge on any atom is 0.188 e. The summed E-state index contributed by atoms with van der Waals surface area (Å²) in [5, 5.41) is 7.81. The molecular formula is C15H12N4O. The summed E-state index contributed by atoms with van der Waals surface area (Å²) in [4.78, 5) is 16.5. The van der Waals surface area contributed by atoms with Crippen molar-refractivity contribution in [3.8, 4) is 5.69 Å². The van der Waals surface area contributed by atoms with Gasteiger partial charge in [0.2, 0.25) is 0 Å². The first-order chi connectivity index (χ1) is 9.84. The lowest BCUT2D eigenvalue weighted by molar-refractivity contribution is 0.0984. The predicted molar refractivity (Wildman–Crippen MR) is 73.6 cm³/mol. The normalized spacial score (nSPS) is 10.4. The topological polar surface area (TPSA) is 60.7 Å². The van der Waals surface area contributed by atoms with Crippen LogP contribution in [0.5, 0.6) is 0 Å². The smallest absolute Gasteiger partial charge is 0.188 e. The van der Waals surface area contributed by atoms with Crippen molar-refractivity contribution in [3.05, 3.63) is 72.3 Å². The van der Waals surface area contributed by atoms with Gasteiger partial charge in [-0.05, 0) is 24.3 Å². The van der Waals surface area contributed by atoms with Crippen LogP contribution < -0.4 is 0 Å². The maximum absolute atomic E-state index is 12.3. The predicted octanol–water partition coefficient (Wildman–Crippen LogP) is 2.09. The molecule has 0 aliphatic rings. The van der Waals surface area contributed by atoms with E-state index >= 15 is 0 Å². The standard InChI is InChI=1S/C15H12N4O/c20-15(10-12-6-4-5-9-16-12)14-11-17-18-19(14)13-7-2-1-3-8-13/h1-9,11H,10H2. The van der Waals surface area contributed by atoms with Gasteiger partial charge in [0.15, 0.2) is 5.78 Å². The van der Waals surface area contributed by atoms with Gasteiger partial charge in [-0.1, -0.05) is 29.5 Å². The van der Waals surface area contributed by atoms with Crippen LogP contribution in [-0.2, 0) is 6.42 Å². The van der Waals surface area contributed by atoms with E-state index < -0.39 is 0 Å². The molecule has 0 fully saturated rings. The van der Waals surface area contributed by atoms with Crippen molar-refractivity contribution in [3.63, 3.8) is 0 Å². The van der Waals surface area contributed by atoms with E-state index in [4.69, 9.17) is 0 Å². The number of carbonyl (C=O) groups excluding carboxylic acids is 1. The summed E-state index contributed by atoms with van der Waals surface area (Å²) in [5.41, 5.74) is 2.01. The molecule has 0 aliphatic carbocycles. The van der Waals surface area contributed by atoms with Crippen LogP contribution in [0.25, 0.3) is 5.69 Å². The fourth-order valence-electron chi connectivity index (χ4n) is 1.94. The highest BCUT2D eigenvalue weighted by Crippen LogP contribution is 2.11.